The maximum absolute atomic E-state index is 13.9. The number of fused-ring (bicyclic) bond motifs is 1. The van der Waals surface area contributed by atoms with E-state index in [0.717, 1.165) is 34.8 Å². The number of carbonyl (C=O) groups is 1. The fourth-order valence-electron chi connectivity index (χ4n) is 4.04. The molecule has 0 saturated carbocycles. The van der Waals surface area contributed by atoms with E-state index < -0.39 is 23.5 Å². The summed E-state index contributed by atoms with van der Waals surface area (Å²) in [6.45, 7) is 1.85. The van der Waals surface area contributed by atoms with Gasteiger partial charge in [0.25, 0.3) is 0 Å². The molecule has 0 fully saturated rings. The predicted molar refractivity (Wildman–Crippen MR) is 104 cm³/mol. The summed E-state index contributed by atoms with van der Waals surface area (Å²) in [6, 6.07) is 10.7. The summed E-state index contributed by atoms with van der Waals surface area (Å²) in [7, 11) is 0. The zero-order chi connectivity index (χ0) is 21.0. The summed E-state index contributed by atoms with van der Waals surface area (Å²) in [5, 5.41) is 21.0. The molecule has 2 N–H and O–H groups in total. The SMILES string of the molecule is Cc1n[nH]c2ccc(C3C(C#N)=C(c4cc(F)cc(F)c4)NC4=C3C(=O)OC4)cc12. The van der Waals surface area contributed by atoms with Gasteiger partial charge in [-0.25, -0.2) is 13.6 Å². The van der Waals surface area contributed by atoms with Crippen molar-refractivity contribution >= 4 is 22.6 Å². The van der Waals surface area contributed by atoms with Gasteiger partial charge in [-0.05, 0) is 36.8 Å². The molecule has 2 aromatic carbocycles. The number of allylic oxidation sites excluding steroid dienone is 1. The third-order valence-corrected chi connectivity index (χ3v) is 5.40. The number of halogens is 2. The topological polar surface area (TPSA) is 90.8 Å². The number of esters is 1. The highest BCUT2D eigenvalue weighted by Gasteiger charge is 2.40. The molecule has 3 aromatic rings. The molecule has 148 valence electrons. The van der Waals surface area contributed by atoms with Crippen molar-refractivity contribution in [2.24, 2.45) is 0 Å². The van der Waals surface area contributed by atoms with Gasteiger partial charge in [-0.1, -0.05) is 6.07 Å². The fourth-order valence-corrected chi connectivity index (χ4v) is 4.04. The van der Waals surface area contributed by atoms with Crippen LogP contribution in [0.4, 0.5) is 8.78 Å². The first-order valence-corrected chi connectivity index (χ1v) is 9.19. The standard InChI is InChI=1S/C22H14F2N4O2/c1-10-15-6-11(2-3-17(15)28-27-10)19-16(8-25)21(12-4-13(23)7-14(24)5-12)26-18-9-30-22(29)20(18)19/h2-7,19,26H,9H2,1H3,(H,27,28). The molecular weight excluding hydrogens is 390 g/mol. The van der Waals surface area contributed by atoms with E-state index in [4.69, 9.17) is 4.74 Å². The average Bonchev–Trinajstić information content (AvgIpc) is 3.28. The van der Waals surface area contributed by atoms with Crippen LogP contribution >= 0.6 is 0 Å². The Morgan fingerprint density at radius 3 is 2.70 bits per heavy atom. The summed E-state index contributed by atoms with van der Waals surface area (Å²) in [5.74, 6) is -2.78. The van der Waals surface area contributed by atoms with Gasteiger partial charge in [-0.3, -0.25) is 5.10 Å². The number of dihydropyridines is 1. The van der Waals surface area contributed by atoms with Gasteiger partial charge in [0.15, 0.2) is 0 Å². The second-order valence-electron chi connectivity index (χ2n) is 7.20. The summed E-state index contributed by atoms with van der Waals surface area (Å²) >= 11 is 0. The Hall–Kier alpha value is -3.99. The number of ether oxygens (including phenoxy) is 1. The first-order valence-electron chi connectivity index (χ1n) is 9.19. The van der Waals surface area contributed by atoms with Gasteiger partial charge in [-0.2, -0.15) is 10.4 Å². The van der Waals surface area contributed by atoms with Crippen LogP contribution in [0.15, 0.2) is 53.2 Å². The minimum Gasteiger partial charge on any atom is -0.456 e. The number of aromatic nitrogens is 2. The highest BCUT2D eigenvalue weighted by atomic mass is 19.1. The van der Waals surface area contributed by atoms with Crippen molar-refractivity contribution in [1.82, 2.24) is 15.5 Å². The lowest BCUT2D eigenvalue weighted by Crippen LogP contribution is -2.26. The molecular formula is C22H14F2N4O2. The van der Waals surface area contributed by atoms with E-state index in [9.17, 15) is 18.8 Å². The second kappa shape index (κ2) is 6.52. The van der Waals surface area contributed by atoms with Gasteiger partial charge in [0, 0.05) is 17.0 Å². The van der Waals surface area contributed by atoms with Crippen LogP contribution < -0.4 is 5.32 Å². The molecule has 0 saturated heterocycles. The molecule has 6 nitrogen and oxygen atoms in total. The number of nitrogens with zero attached hydrogens (tertiary/aromatic N) is 2. The van der Waals surface area contributed by atoms with Gasteiger partial charge >= 0.3 is 5.97 Å². The number of hydrogen-bond acceptors (Lipinski definition) is 5. The van der Waals surface area contributed by atoms with Gasteiger partial charge in [0.2, 0.25) is 0 Å². The van der Waals surface area contributed by atoms with Crippen molar-refractivity contribution < 1.29 is 18.3 Å². The Morgan fingerprint density at radius 1 is 1.20 bits per heavy atom. The van der Waals surface area contributed by atoms with E-state index >= 15 is 0 Å². The molecule has 0 spiro atoms. The molecule has 2 aliphatic heterocycles. The average molecular weight is 404 g/mol. The minimum absolute atomic E-state index is 0.00233. The normalized spacial score (nSPS) is 18.3. The smallest absolute Gasteiger partial charge is 0.337 e. The third-order valence-electron chi connectivity index (χ3n) is 5.40. The number of aryl methyl sites for hydroxylation is 1. The van der Waals surface area contributed by atoms with Crippen molar-refractivity contribution in [3.63, 3.8) is 0 Å². The fraction of sp³-hybridized carbons (Fsp3) is 0.136. The van der Waals surface area contributed by atoms with Gasteiger partial charge in [-0.15, -0.1) is 0 Å². The first kappa shape index (κ1) is 18.1. The van der Waals surface area contributed by atoms with Crippen molar-refractivity contribution in [2.75, 3.05) is 6.61 Å². The molecule has 0 bridgehead atoms. The minimum atomic E-state index is -0.762. The first-order chi connectivity index (χ1) is 14.5. The molecule has 30 heavy (non-hydrogen) atoms. The van der Waals surface area contributed by atoms with Crippen molar-refractivity contribution in [2.45, 2.75) is 12.8 Å². The number of benzene rings is 2. The molecule has 1 unspecified atom stereocenters. The van der Waals surface area contributed by atoms with Gasteiger partial charge < -0.3 is 10.1 Å². The highest BCUT2D eigenvalue weighted by Crippen LogP contribution is 2.43. The molecule has 0 aliphatic carbocycles. The Morgan fingerprint density at radius 2 is 1.97 bits per heavy atom. The Bertz CT molecular complexity index is 1330. The zero-order valence-electron chi connectivity index (χ0n) is 15.7. The molecule has 8 heteroatoms. The molecule has 0 amide bonds. The van der Waals surface area contributed by atoms with E-state index in [0.29, 0.717) is 16.8 Å². The lowest BCUT2D eigenvalue weighted by atomic mass is 9.80. The Labute approximate surface area is 169 Å². The van der Waals surface area contributed by atoms with Crippen LogP contribution in [-0.4, -0.2) is 22.8 Å². The monoisotopic (exact) mass is 404 g/mol. The second-order valence-corrected chi connectivity index (χ2v) is 7.20. The van der Waals surface area contributed by atoms with Crippen LogP contribution in [-0.2, 0) is 9.53 Å². The predicted octanol–water partition coefficient (Wildman–Crippen LogP) is 3.58. The number of rotatable bonds is 2. The molecule has 5 rings (SSSR count). The summed E-state index contributed by atoms with van der Waals surface area (Å²) in [6.07, 6.45) is 0. The number of nitrogens with one attached hydrogen (secondary N) is 2. The maximum atomic E-state index is 13.9. The van der Waals surface area contributed by atoms with Gasteiger partial charge in [0.05, 0.1) is 45.7 Å². The van der Waals surface area contributed by atoms with E-state index in [1.54, 1.807) is 6.07 Å². The molecule has 0 radical (unpaired) electrons. The van der Waals surface area contributed by atoms with E-state index in [2.05, 4.69) is 21.6 Å². The zero-order valence-corrected chi connectivity index (χ0v) is 15.7. The van der Waals surface area contributed by atoms with Crippen LogP contribution in [0.3, 0.4) is 0 Å². The summed E-state index contributed by atoms with van der Waals surface area (Å²) in [4.78, 5) is 12.5. The lowest BCUT2D eigenvalue weighted by Gasteiger charge is -2.27. The van der Waals surface area contributed by atoms with Crippen LogP contribution in [0.2, 0.25) is 0 Å². The number of carbonyl (C=O) groups excluding carboxylic acids is 1. The van der Waals surface area contributed by atoms with Crippen LogP contribution in [0.25, 0.3) is 16.6 Å². The number of aromatic amines is 1. The molecule has 1 aromatic heterocycles. The van der Waals surface area contributed by atoms with Crippen molar-refractivity contribution in [3.05, 3.63) is 81.7 Å². The third kappa shape index (κ3) is 2.67. The highest BCUT2D eigenvalue weighted by molar-refractivity contribution is 5.98. The summed E-state index contributed by atoms with van der Waals surface area (Å²) in [5.41, 5.74) is 3.70. The van der Waals surface area contributed by atoms with Crippen molar-refractivity contribution in [1.29, 1.82) is 5.26 Å². The maximum Gasteiger partial charge on any atom is 0.337 e. The van der Waals surface area contributed by atoms with E-state index in [-0.39, 0.29) is 23.4 Å². The van der Waals surface area contributed by atoms with E-state index in [1.165, 1.54) is 0 Å². The lowest BCUT2D eigenvalue weighted by molar-refractivity contribution is -0.136. The quantitative estimate of drug-likeness (QED) is 0.637. The number of nitriles is 1. The Balaban J connectivity index is 1.76. The molecule has 2 aliphatic rings. The molecule has 3 heterocycles. The number of cyclic esters (lactones) is 1. The molecule has 1 atom stereocenters. The summed E-state index contributed by atoms with van der Waals surface area (Å²) < 4.78 is 32.9. The Kier molecular flexibility index (Phi) is 3.93. The van der Waals surface area contributed by atoms with E-state index in [1.807, 2.05) is 19.1 Å². The van der Waals surface area contributed by atoms with Crippen LogP contribution in [0.5, 0.6) is 0 Å². The largest absolute Gasteiger partial charge is 0.456 e. The van der Waals surface area contributed by atoms with Crippen molar-refractivity contribution in [3.8, 4) is 6.07 Å². The van der Waals surface area contributed by atoms with Crippen LogP contribution in [0, 0.1) is 29.9 Å². The van der Waals surface area contributed by atoms with Gasteiger partial charge in [0.1, 0.15) is 18.2 Å². The van der Waals surface area contributed by atoms with Crippen LogP contribution in [0.1, 0.15) is 22.7 Å². The number of hydrogen-bond donors (Lipinski definition) is 2. The number of H-pyrrole nitrogens is 1.